The van der Waals surface area contributed by atoms with Crippen molar-refractivity contribution in [2.24, 2.45) is 0 Å². The van der Waals surface area contributed by atoms with Crippen LogP contribution in [-0.2, 0) is 0 Å². The Hall–Kier alpha value is -1.30. The zero-order valence-electron chi connectivity index (χ0n) is 10.2. The van der Waals surface area contributed by atoms with E-state index < -0.39 is 0 Å². The molecule has 0 saturated carbocycles. The van der Waals surface area contributed by atoms with E-state index in [0.717, 1.165) is 15.9 Å². The van der Waals surface area contributed by atoms with Gasteiger partial charge in [0.05, 0.1) is 0 Å². The van der Waals surface area contributed by atoms with Gasteiger partial charge in [-0.05, 0) is 34.5 Å². The number of carbonyl (C=O) groups is 1. The molecule has 0 saturated heterocycles. The van der Waals surface area contributed by atoms with Crippen molar-refractivity contribution in [3.8, 4) is 0 Å². The predicted octanol–water partition coefficient (Wildman–Crippen LogP) is 1.84. The molecule has 0 aromatic carbocycles. The van der Waals surface area contributed by atoms with Crippen molar-refractivity contribution in [2.45, 2.75) is 6.92 Å². The number of aromatic nitrogens is 1. The standard InChI is InChI=1S/C11H17BrN4O/c1-8-6-9(12)7-15-10(8)13-4-5-14-11(17)16(2)3/h6-7H,4-5H2,1-3H3,(H,13,15)(H,14,17). The van der Waals surface area contributed by atoms with Gasteiger partial charge in [-0.15, -0.1) is 0 Å². The fourth-order valence-corrected chi connectivity index (χ4v) is 1.68. The molecule has 1 aromatic rings. The van der Waals surface area contributed by atoms with Gasteiger partial charge in [0.15, 0.2) is 0 Å². The number of anilines is 1. The second-order valence-electron chi connectivity index (χ2n) is 3.87. The van der Waals surface area contributed by atoms with Crippen LogP contribution in [0.2, 0.25) is 0 Å². The lowest BCUT2D eigenvalue weighted by molar-refractivity contribution is 0.218. The summed E-state index contributed by atoms with van der Waals surface area (Å²) in [5.74, 6) is 0.840. The third kappa shape index (κ3) is 4.60. The van der Waals surface area contributed by atoms with E-state index in [1.54, 1.807) is 20.3 Å². The predicted molar refractivity (Wildman–Crippen MR) is 72.2 cm³/mol. The minimum atomic E-state index is -0.0905. The molecule has 1 rings (SSSR count). The molecule has 0 unspecified atom stereocenters. The lowest BCUT2D eigenvalue weighted by atomic mass is 10.3. The van der Waals surface area contributed by atoms with Gasteiger partial charge in [0, 0.05) is 37.9 Å². The number of urea groups is 1. The van der Waals surface area contributed by atoms with Gasteiger partial charge < -0.3 is 15.5 Å². The third-order valence-corrected chi connectivity index (χ3v) is 2.58. The molecular weight excluding hydrogens is 284 g/mol. The van der Waals surface area contributed by atoms with Gasteiger partial charge in [0.1, 0.15) is 5.82 Å². The number of nitrogens with zero attached hydrogens (tertiary/aromatic N) is 2. The summed E-state index contributed by atoms with van der Waals surface area (Å²) in [6.45, 7) is 3.20. The summed E-state index contributed by atoms with van der Waals surface area (Å²) in [7, 11) is 3.42. The van der Waals surface area contributed by atoms with Crippen molar-refractivity contribution in [3.05, 3.63) is 22.3 Å². The Morgan fingerprint density at radius 2 is 2.18 bits per heavy atom. The molecule has 1 heterocycles. The highest BCUT2D eigenvalue weighted by Gasteiger charge is 2.02. The van der Waals surface area contributed by atoms with E-state index in [4.69, 9.17) is 0 Å². The van der Waals surface area contributed by atoms with Crippen LogP contribution in [0.15, 0.2) is 16.7 Å². The first-order valence-electron chi connectivity index (χ1n) is 5.32. The van der Waals surface area contributed by atoms with Crippen molar-refractivity contribution < 1.29 is 4.79 Å². The van der Waals surface area contributed by atoms with Gasteiger partial charge >= 0.3 is 6.03 Å². The smallest absolute Gasteiger partial charge is 0.316 e. The average Bonchev–Trinajstić information content (AvgIpc) is 2.26. The van der Waals surface area contributed by atoms with E-state index >= 15 is 0 Å². The highest BCUT2D eigenvalue weighted by atomic mass is 79.9. The van der Waals surface area contributed by atoms with Crippen molar-refractivity contribution in [2.75, 3.05) is 32.5 Å². The van der Waals surface area contributed by atoms with Gasteiger partial charge in [-0.2, -0.15) is 0 Å². The van der Waals surface area contributed by atoms with Gasteiger partial charge in [-0.3, -0.25) is 0 Å². The molecule has 94 valence electrons. The summed E-state index contributed by atoms with van der Waals surface area (Å²) >= 11 is 3.36. The number of rotatable bonds is 4. The maximum Gasteiger partial charge on any atom is 0.316 e. The Bertz CT molecular complexity index is 395. The van der Waals surface area contributed by atoms with Crippen LogP contribution in [0.1, 0.15) is 5.56 Å². The minimum absolute atomic E-state index is 0.0905. The van der Waals surface area contributed by atoms with E-state index in [0.29, 0.717) is 13.1 Å². The molecule has 0 spiro atoms. The largest absolute Gasteiger partial charge is 0.368 e. The highest BCUT2D eigenvalue weighted by molar-refractivity contribution is 9.10. The summed E-state index contributed by atoms with van der Waals surface area (Å²) in [5.41, 5.74) is 1.07. The molecule has 0 radical (unpaired) electrons. The highest BCUT2D eigenvalue weighted by Crippen LogP contribution is 2.16. The van der Waals surface area contributed by atoms with Crippen molar-refractivity contribution >= 4 is 27.8 Å². The van der Waals surface area contributed by atoms with E-state index in [2.05, 4.69) is 31.5 Å². The van der Waals surface area contributed by atoms with Crippen LogP contribution < -0.4 is 10.6 Å². The minimum Gasteiger partial charge on any atom is -0.368 e. The molecule has 17 heavy (non-hydrogen) atoms. The summed E-state index contributed by atoms with van der Waals surface area (Å²) < 4.78 is 0.960. The fraction of sp³-hybridized carbons (Fsp3) is 0.455. The van der Waals surface area contributed by atoms with Crippen molar-refractivity contribution in [3.63, 3.8) is 0 Å². The van der Waals surface area contributed by atoms with Crippen LogP contribution in [0.5, 0.6) is 0 Å². The summed E-state index contributed by atoms with van der Waals surface area (Å²) in [4.78, 5) is 17.0. The Morgan fingerprint density at radius 3 is 2.76 bits per heavy atom. The first-order valence-corrected chi connectivity index (χ1v) is 6.11. The molecule has 2 N–H and O–H groups in total. The van der Waals surface area contributed by atoms with Crippen molar-refractivity contribution in [1.29, 1.82) is 0 Å². The quantitative estimate of drug-likeness (QED) is 0.834. The van der Waals surface area contributed by atoms with E-state index in [9.17, 15) is 4.79 Å². The molecule has 0 bridgehead atoms. The topological polar surface area (TPSA) is 57.3 Å². The molecule has 0 aliphatic heterocycles. The number of hydrogen-bond acceptors (Lipinski definition) is 3. The van der Waals surface area contributed by atoms with Crippen LogP contribution in [0.25, 0.3) is 0 Å². The summed E-state index contributed by atoms with van der Waals surface area (Å²) in [6.07, 6.45) is 1.74. The molecule has 0 aliphatic rings. The van der Waals surface area contributed by atoms with Gasteiger partial charge in [-0.1, -0.05) is 0 Å². The SMILES string of the molecule is Cc1cc(Br)cnc1NCCNC(=O)N(C)C. The van der Waals surface area contributed by atoms with Gasteiger partial charge in [-0.25, -0.2) is 9.78 Å². The van der Waals surface area contributed by atoms with Crippen LogP contribution in [-0.4, -0.2) is 43.1 Å². The summed E-state index contributed by atoms with van der Waals surface area (Å²) in [5, 5.41) is 5.94. The first kappa shape index (κ1) is 13.8. The van der Waals surface area contributed by atoms with E-state index in [-0.39, 0.29) is 6.03 Å². The Kier molecular flexibility index (Phi) is 5.21. The summed E-state index contributed by atoms with van der Waals surface area (Å²) in [6, 6.07) is 1.90. The molecule has 0 fully saturated rings. The molecule has 0 atom stereocenters. The van der Waals surface area contributed by atoms with Crippen LogP contribution >= 0.6 is 15.9 Å². The Labute approximate surface area is 110 Å². The second kappa shape index (κ2) is 6.44. The number of aryl methyl sites for hydroxylation is 1. The van der Waals surface area contributed by atoms with Crippen LogP contribution in [0.3, 0.4) is 0 Å². The molecule has 2 amide bonds. The maximum absolute atomic E-state index is 11.2. The number of carbonyl (C=O) groups excluding carboxylic acids is 1. The average molecular weight is 301 g/mol. The van der Waals surface area contributed by atoms with Crippen LogP contribution in [0, 0.1) is 6.92 Å². The number of amides is 2. The van der Waals surface area contributed by atoms with Crippen LogP contribution in [0.4, 0.5) is 10.6 Å². The molecular formula is C11H17BrN4O. The monoisotopic (exact) mass is 300 g/mol. The zero-order valence-corrected chi connectivity index (χ0v) is 11.8. The molecule has 5 nitrogen and oxygen atoms in total. The molecule has 1 aromatic heterocycles. The maximum atomic E-state index is 11.2. The zero-order chi connectivity index (χ0) is 12.8. The van der Waals surface area contributed by atoms with E-state index in [1.165, 1.54) is 4.90 Å². The lowest BCUT2D eigenvalue weighted by Gasteiger charge is -2.13. The van der Waals surface area contributed by atoms with E-state index in [1.807, 2.05) is 13.0 Å². The van der Waals surface area contributed by atoms with Gasteiger partial charge in [0.25, 0.3) is 0 Å². The fourth-order valence-electron chi connectivity index (χ4n) is 1.23. The number of halogens is 1. The van der Waals surface area contributed by atoms with Gasteiger partial charge in [0.2, 0.25) is 0 Å². The Morgan fingerprint density at radius 1 is 1.47 bits per heavy atom. The molecule has 6 heteroatoms. The first-order chi connectivity index (χ1) is 8.00. The lowest BCUT2D eigenvalue weighted by Crippen LogP contribution is -2.37. The normalized spacial score (nSPS) is 9.88. The number of nitrogens with one attached hydrogen (secondary N) is 2. The molecule has 0 aliphatic carbocycles. The Balaban J connectivity index is 2.34. The third-order valence-electron chi connectivity index (χ3n) is 2.14. The number of hydrogen-bond donors (Lipinski definition) is 2. The van der Waals surface area contributed by atoms with Crippen molar-refractivity contribution in [1.82, 2.24) is 15.2 Å². The second-order valence-corrected chi connectivity index (χ2v) is 4.79. The number of pyridine rings is 1.